The van der Waals surface area contributed by atoms with E-state index in [0.717, 1.165) is 19.1 Å². The zero-order valence-electron chi connectivity index (χ0n) is 20.6. The number of ether oxygens (including phenoxy) is 3. The summed E-state index contributed by atoms with van der Waals surface area (Å²) < 4.78 is 73.1. The van der Waals surface area contributed by atoms with Crippen molar-refractivity contribution >= 4 is 5.78 Å². The van der Waals surface area contributed by atoms with E-state index in [1.54, 1.807) is 36.4 Å². The first-order valence-electron chi connectivity index (χ1n) is 11.8. The summed E-state index contributed by atoms with van der Waals surface area (Å²) in [4.78, 5) is 13.7. The maximum Gasteiger partial charge on any atom is 0.203 e. The van der Waals surface area contributed by atoms with E-state index in [-0.39, 0.29) is 11.5 Å². The molecule has 3 aromatic carbocycles. The van der Waals surface area contributed by atoms with Gasteiger partial charge in [0, 0.05) is 23.0 Å². The lowest BCUT2D eigenvalue weighted by Gasteiger charge is -2.21. The van der Waals surface area contributed by atoms with Gasteiger partial charge in [-0.2, -0.15) is 4.39 Å². The highest BCUT2D eigenvalue weighted by molar-refractivity contribution is 6.10. The van der Waals surface area contributed by atoms with Crippen molar-refractivity contribution in [2.24, 2.45) is 0 Å². The third-order valence-corrected chi connectivity index (χ3v) is 6.42. The van der Waals surface area contributed by atoms with Gasteiger partial charge in [-0.25, -0.2) is 13.2 Å². The van der Waals surface area contributed by atoms with Gasteiger partial charge in [-0.15, -0.1) is 0 Å². The Bertz CT molecular complexity index is 1330. The summed E-state index contributed by atoms with van der Waals surface area (Å²) in [6, 6.07) is 11.7. The average Bonchev–Trinajstić information content (AvgIpc) is 3.35. The Balaban J connectivity index is 1.85. The highest BCUT2D eigenvalue weighted by Crippen LogP contribution is 2.49. The van der Waals surface area contributed by atoms with Crippen LogP contribution >= 0.6 is 0 Å². The molecule has 8 heteroatoms. The molecule has 4 rings (SSSR count). The van der Waals surface area contributed by atoms with E-state index in [1.807, 2.05) is 6.92 Å². The van der Waals surface area contributed by atoms with E-state index in [1.165, 1.54) is 19.2 Å². The Hall–Kier alpha value is -3.81. The van der Waals surface area contributed by atoms with Crippen molar-refractivity contribution in [1.29, 1.82) is 0 Å². The van der Waals surface area contributed by atoms with E-state index < -0.39 is 46.3 Å². The fourth-order valence-corrected chi connectivity index (χ4v) is 4.68. The highest BCUT2D eigenvalue weighted by Gasteiger charge is 2.37. The molecule has 194 valence electrons. The zero-order chi connectivity index (χ0) is 26.7. The maximum absolute atomic E-state index is 15.1. The van der Waals surface area contributed by atoms with Gasteiger partial charge in [0.1, 0.15) is 5.82 Å². The second-order valence-electron chi connectivity index (χ2n) is 8.69. The summed E-state index contributed by atoms with van der Waals surface area (Å²) in [5, 5.41) is 0. The molecular formula is C29H26F4O4. The van der Waals surface area contributed by atoms with Crippen LogP contribution in [0.2, 0.25) is 0 Å². The van der Waals surface area contributed by atoms with Gasteiger partial charge in [0.25, 0.3) is 0 Å². The monoisotopic (exact) mass is 514 g/mol. The van der Waals surface area contributed by atoms with Gasteiger partial charge >= 0.3 is 0 Å². The molecule has 1 aliphatic carbocycles. The van der Waals surface area contributed by atoms with Crippen molar-refractivity contribution in [2.45, 2.75) is 31.6 Å². The number of hydrogen-bond donors (Lipinski definition) is 0. The number of para-hydroxylation sites is 1. The number of halogens is 4. The molecule has 0 bridgehead atoms. The van der Waals surface area contributed by atoms with E-state index >= 15 is 4.39 Å². The van der Waals surface area contributed by atoms with Gasteiger partial charge in [0.2, 0.25) is 5.82 Å². The third kappa shape index (κ3) is 5.05. The van der Waals surface area contributed by atoms with Crippen LogP contribution in [0.5, 0.6) is 17.2 Å². The largest absolute Gasteiger partial charge is 0.493 e. The molecule has 1 aliphatic rings. The number of ketones is 1. The van der Waals surface area contributed by atoms with E-state index in [9.17, 15) is 18.0 Å². The normalized spacial score (nSPS) is 16.9. The van der Waals surface area contributed by atoms with E-state index in [4.69, 9.17) is 9.47 Å². The molecule has 0 amide bonds. The number of benzene rings is 3. The lowest BCUT2D eigenvalue weighted by Crippen LogP contribution is -2.14. The minimum atomic E-state index is -1.51. The van der Waals surface area contributed by atoms with E-state index in [0.29, 0.717) is 36.2 Å². The first-order valence-corrected chi connectivity index (χ1v) is 11.8. The van der Waals surface area contributed by atoms with Crippen molar-refractivity contribution in [3.8, 4) is 17.2 Å². The topological polar surface area (TPSA) is 44.8 Å². The van der Waals surface area contributed by atoms with Gasteiger partial charge in [0.15, 0.2) is 34.7 Å². The van der Waals surface area contributed by atoms with Crippen LogP contribution in [0.25, 0.3) is 0 Å². The fourth-order valence-electron chi connectivity index (χ4n) is 4.68. The van der Waals surface area contributed by atoms with Crippen LogP contribution in [-0.4, -0.2) is 26.6 Å². The van der Waals surface area contributed by atoms with Crippen molar-refractivity contribution in [2.75, 3.05) is 20.8 Å². The summed E-state index contributed by atoms with van der Waals surface area (Å²) in [5.41, 5.74) is 0.890. The smallest absolute Gasteiger partial charge is 0.203 e. The SMILES string of the molecule is CCCOc1cccc(C2CC(c3ccc(F)cc3)C=C2C(=O)c2cc(F)c(F)c(OC)c2F)c1OC. The molecule has 0 fully saturated rings. The van der Waals surface area contributed by atoms with Crippen LogP contribution in [0.1, 0.15) is 53.1 Å². The van der Waals surface area contributed by atoms with E-state index in [2.05, 4.69) is 4.74 Å². The number of allylic oxidation sites excluding steroid dienone is 2. The minimum Gasteiger partial charge on any atom is -0.493 e. The second-order valence-corrected chi connectivity index (χ2v) is 8.69. The van der Waals surface area contributed by atoms with Crippen LogP contribution in [-0.2, 0) is 0 Å². The predicted octanol–water partition coefficient (Wildman–Crippen LogP) is 7.13. The van der Waals surface area contributed by atoms with Crippen LogP contribution in [0, 0.1) is 23.3 Å². The fraction of sp³-hybridized carbons (Fsp3) is 0.276. The first-order chi connectivity index (χ1) is 17.8. The second kappa shape index (κ2) is 11.1. The van der Waals surface area contributed by atoms with Crippen molar-refractivity contribution in [3.63, 3.8) is 0 Å². The Labute approximate surface area is 212 Å². The summed E-state index contributed by atoms with van der Waals surface area (Å²) in [6.07, 6.45) is 2.81. The average molecular weight is 515 g/mol. The molecule has 0 radical (unpaired) electrons. The van der Waals surface area contributed by atoms with Crippen LogP contribution < -0.4 is 14.2 Å². The molecule has 0 aromatic heterocycles. The predicted molar refractivity (Wildman–Crippen MR) is 131 cm³/mol. The van der Waals surface area contributed by atoms with Crippen molar-refractivity contribution in [3.05, 3.63) is 100 Å². The zero-order valence-corrected chi connectivity index (χ0v) is 20.6. The van der Waals surface area contributed by atoms with Gasteiger partial charge < -0.3 is 14.2 Å². The van der Waals surface area contributed by atoms with Gasteiger partial charge in [-0.05, 0) is 42.7 Å². The Kier molecular flexibility index (Phi) is 7.86. The Morgan fingerprint density at radius 3 is 2.30 bits per heavy atom. The number of carbonyl (C=O) groups is 1. The number of hydrogen-bond acceptors (Lipinski definition) is 4. The number of rotatable bonds is 9. The molecule has 0 saturated carbocycles. The number of carbonyl (C=O) groups excluding carboxylic acids is 1. The summed E-state index contributed by atoms with van der Waals surface area (Å²) >= 11 is 0. The quantitative estimate of drug-likeness (QED) is 0.173. The molecule has 0 N–H and O–H groups in total. The summed E-state index contributed by atoms with van der Waals surface area (Å²) in [5.74, 6) is -6.42. The lowest BCUT2D eigenvalue weighted by atomic mass is 9.86. The molecular weight excluding hydrogens is 488 g/mol. The number of methoxy groups -OCH3 is 2. The molecule has 0 spiro atoms. The Morgan fingerprint density at radius 1 is 0.946 bits per heavy atom. The Morgan fingerprint density at radius 2 is 1.65 bits per heavy atom. The standard InChI is InChI=1S/C29H26F4O4/c1-4-12-37-24-7-5-6-19(28(24)35-2)20-13-17(16-8-10-18(30)11-9-16)14-21(20)27(34)22-15-23(31)26(33)29(36-3)25(22)32/h5-11,14-15,17,20H,4,12-13H2,1-3H3. The molecule has 4 nitrogen and oxygen atoms in total. The molecule has 2 atom stereocenters. The van der Waals surface area contributed by atoms with Gasteiger partial charge in [-0.1, -0.05) is 37.3 Å². The van der Waals surface area contributed by atoms with Crippen molar-refractivity contribution in [1.82, 2.24) is 0 Å². The molecule has 0 saturated heterocycles. The van der Waals surface area contributed by atoms with Crippen LogP contribution in [0.4, 0.5) is 17.6 Å². The van der Waals surface area contributed by atoms with Gasteiger partial charge in [-0.3, -0.25) is 4.79 Å². The number of Topliss-reactive ketones (excluding diaryl/α,β-unsaturated/α-hetero) is 1. The van der Waals surface area contributed by atoms with Gasteiger partial charge in [0.05, 0.1) is 26.4 Å². The minimum absolute atomic E-state index is 0.173. The highest BCUT2D eigenvalue weighted by atomic mass is 19.2. The molecule has 2 unspecified atom stereocenters. The lowest BCUT2D eigenvalue weighted by molar-refractivity contribution is 0.102. The van der Waals surface area contributed by atoms with Crippen molar-refractivity contribution < 1.29 is 36.6 Å². The summed E-state index contributed by atoms with van der Waals surface area (Å²) in [6.45, 7) is 2.41. The molecule has 37 heavy (non-hydrogen) atoms. The maximum atomic E-state index is 15.1. The molecule has 0 aliphatic heterocycles. The van der Waals surface area contributed by atoms with Crippen LogP contribution in [0.15, 0.2) is 60.2 Å². The molecule has 3 aromatic rings. The third-order valence-electron chi connectivity index (χ3n) is 6.42. The molecule has 0 heterocycles. The summed E-state index contributed by atoms with van der Waals surface area (Å²) in [7, 11) is 2.47. The first kappa shape index (κ1) is 26.3. The van der Waals surface area contributed by atoms with Crippen LogP contribution in [0.3, 0.4) is 0 Å².